The van der Waals surface area contributed by atoms with E-state index in [0.717, 1.165) is 28.0 Å². The molecule has 0 aliphatic carbocycles. The minimum atomic E-state index is -0.333. The fourth-order valence-corrected chi connectivity index (χ4v) is 2.65. The summed E-state index contributed by atoms with van der Waals surface area (Å²) < 4.78 is 6.47. The number of benzene rings is 1. The lowest BCUT2D eigenvalue weighted by Crippen LogP contribution is -2.37. The quantitative estimate of drug-likeness (QED) is 0.674. The third-order valence-corrected chi connectivity index (χ3v) is 3.98. The number of hydrogen-bond donors (Lipinski definition) is 1. The molecule has 0 fully saturated rings. The first kappa shape index (κ1) is 17.8. The van der Waals surface area contributed by atoms with Gasteiger partial charge in [0.25, 0.3) is 5.91 Å². The number of pyridine rings is 1. The van der Waals surface area contributed by atoms with Crippen molar-refractivity contribution in [2.45, 2.75) is 41.0 Å². The first-order valence-electron chi connectivity index (χ1n) is 8.11. The van der Waals surface area contributed by atoms with Crippen LogP contribution < -0.4 is 14.8 Å². The summed E-state index contributed by atoms with van der Waals surface area (Å²) in [5, 5.41) is 15.1. The van der Waals surface area contributed by atoms with Crippen molar-refractivity contribution < 1.29 is 14.3 Å². The average molecular weight is 328 g/mol. The number of anilines is 1. The number of aromatic nitrogens is 1. The van der Waals surface area contributed by atoms with Gasteiger partial charge in [0.1, 0.15) is 11.3 Å². The molecule has 1 heterocycles. The molecule has 0 saturated carbocycles. The third-order valence-electron chi connectivity index (χ3n) is 3.98. The van der Waals surface area contributed by atoms with Gasteiger partial charge in [0.15, 0.2) is 5.69 Å². The van der Waals surface area contributed by atoms with Crippen LogP contribution in [-0.4, -0.2) is 12.5 Å². The Bertz CT molecular complexity index is 749. The molecular weight excluding hydrogens is 304 g/mol. The number of carbonyl (C=O) groups is 1. The van der Waals surface area contributed by atoms with Gasteiger partial charge in [-0.25, -0.2) is 0 Å². The summed E-state index contributed by atoms with van der Waals surface area (Å²) >= 11 is 0. The zero-order valence-corrected chi connectivity index (χ0v) is 14.9. The molecule has 5 heteroatoms. The summed E-state index contributed by atoms with van der Waals surface area (Å²) in [7, 11) is 0. The summed E-state index contributed by atoms with van der Waals surface area (Å²) in [6.07, 6.45) is 0.822. The molecule has 1 aromatic heterocycles. The van der Waals surface area contributed by atoms with E-state index in [2.05, 4.69) is 5.32 Å². The van der Waals surface area contributed by atoms with Crippen molar-refractivity contribution in [3.8, 4) is 5.75 Å². The molecular formula is C19H24N2O3. The van der Waals surface area contributed by atoms with Crippen molar-refractivity contribution in [1.29, 1.82) is 0 Å². The standard InChI is InChI=1S/C19H24N2O3/c1-6-10-24-16-11-14(4)21(23)15(5)17(16)19(22)20-18-12(2)8-7-9-13(18)3/h7-9,11H,6,10H2,1-5H3,(H,20,22). The summed E-state index contributed by atoms with van der Waals surface area (Å²) in [6, 6.07) is 7.44. The van der Waals surface area contributed by atoms with Crippen LogP contribution in [0.3, 0.4) is 0 Å². The highest BCUT2D eigenvalue weighted by Crippen LogP contribution is 2.25. The van der Waals surface area contributed by atoms with Crippen molar-refractivity contribution in [3.63, 3.8) is 0 Å². The lowest BCUT2D eigenvalue weighted by molar-refractivity contribution is -0.619. The number of amides is 1. The van der Waals surface area contributed by atoms with Crippen molar-refractivity contribution in [1.82, 2.24) is 0 Å². The molecule has 2 rings (SSSR count). The molecule has 1 aromatic carbocycles. The third kappa shape index (κ3) is 3.50. The summed E-state index contributed by atoms with van der Waals surface area (Å²) in [6.45, 7) is 9.70. The molecule has 0 bridgehead atoms. The van der Waals surface area contributed by atoms with Crippen LogP contribution >= 0.6 is 0 Å². The van der Waals surface area contributed by atoms with Gasteiger partial charge >= 0.3 is 0 Å². The smallest absolute Gasteiger partial charge is 0.265 e. The highest BCUT2D eigenvalue weighted by Gasteiger charge is 2.24. The predicted molar refractivity (Wildman–Crippen MR) is 94.5 cm³/mol. The minimum Gasteiger partial charge on any atom is -0.618 e. The topological polar surface area (TPSA) is 65.3 Å². The van der Waals surface area contributed by atoms with E-state index in [1.165, 1.54) is 0 Å². The van der Waals surface area contributed by atoms with Crippen LogP contribution in [0.2, 0.25) is 0 Å². The fourth-order valence-electron chi connectivity index (χ4n) is 2.65. The van der Waals surface area contributed by atoms with Crippen LogP contribution in [0.15, 0.2) is 24.3 Å². The van der Waals surface area contributed by atoms with Crippen molar-refractivity contribution in [2.75, 3.05) is 11.9 Å². The Balaban J connectivity index is 2.46. The number of para-hydroxylation sites is 1. The van der Waals surface area contributed by atoms with E-state index >= 15 is 0 Å². The van der Waals surface area contributed by atoms with Crippen LogP contribution in [0.5, 0.6) is 5.75 Å². The van der Waals surface area contributed by atoms with Crippen LogP contribution in [-0.2, 0) is 0 Å². The van der Waals surface area contributed by atoms with E-state index in [9.17, 15) is 10.0 Å². The Morgan fingerprint density at radius 2 is 1.83 bits per heavy atom. The highest BCUT2D eigenvalue weighted by atomic mass is 16.5. The molecule has 5 nitrogen and oxygen atoms in total. The van der Waals surface area contributed by atoms with Crippen LogP contribution in [0.1, 0.15) is 46.2 Å². The van der Waals surface area contributed by atoms with Gasteiger partial charge in [0.2, 0.25) is 5.69 Å². The molecule has 0 radical (unpaired) electrons. The predicted octanol–water partition coefficient (Wildman–Crippen LogP) is 3.59. The number of nitrogens with one attached hydrogen (secondary N) is 1. The van der Waals surface area contributed by atoms with Gasteiger partial charge in [0.05, 0.1) is 6.61 Å². The molecule has 1 N–H and O–H groups in total. The molecule has 0 aliphatic heterocycles. The van der Waals surface area contributed by atoms with E-state index in [1.807, 2.05) is 39.0 Å². The van der Waals surface area contributed by atoms with Gasteiger partial charge in [-0.1, -0.05) is 25.1 Å². The number of hydrogen-bond acceptors (Lipinski definition) is 3. The number of rotatable bonds is 5. The maximum atomic E-state index is 12.8. The van der Waals surface area contributed by atoms with E-state index in [0.29, 0.717) is 23.7 Å². The van der Waals surface area contributed by atoms with Gasteiger partial charge < -0.3 is 15.3 Å². The lowest BCUT2D eigenvalue weighted by Gasteiger charge is -2.16. The zero-order valence-electron chi connectivity index (χ0n) is 14.9. The highest BCUT2D eigenvalue weighted by molar-refractivity contribution is 6.07. The van der Waals surface area contributed by atoms with Crippen molar-refractivity contribution >= 4 is 11.6 Å². The van der Waals surface area contributed by atoms with Gasteiger partial charge in [-0.05, 0) is 31.4 Å². The second kappa shape index (κ2) is 7.34. The van der Waals surface area contributed by atoms with Gasteiger partial charge in [-0.15, -0.1) is 0 Å². The first-order chi connectivity index (χ1) is 11.4. The normalized spacial score (nSPS) is 10.5. The molecule has 0 spiro atoms. The van der Waals surface area contributed by atoms with Crippen molar-refractivity contribution in [2.24, 2.45) is 0 Å². The van der Waals surface area contributed by atoms with E-state index < -0.39 is 0 Å². The molecule has 0 atom stereocenters. The van der Waals surface area contributed by atoms with Gasteiger partial charge in [-0.2, -0.15) is 4.73 Å². The first-order valence-corrected chi connectivity index (χ1v) is 8.11. The molecule has 128 valence electrons. The maximum Gasteiger partial charge on any atom is 0.265 e. The maximum absolute atomic E-state index is 12.8. The summed E-state index contributed by atoms with van der Waals surface area (Å²) in [4.78, 5) is 12.8. The van der Waals surface area contributed by atoms with Gasteiger partial charge in [-0.3, -0.25) is 4.79 Å². The fraction of sp³-hybridized carbons (Fsp3) is 0.368. The second-order valence-electron chi connectivity index (χ2n) is 5.97. The number of ether oxygens (including phenoxy) is 1. The van der Waals surface area contributed by atoms with Crippen molar-refractivity contribution in [3.05, 3.63) is 57.6 Å². The molecule has 2 aromatic rings. The molecule has 0 aliphatic rings. The Labute approximate surface area is 142 Å². The largest absolute Gasteiger partial charge is 0.618 e. The number of carbonyl (C=O) groups excluding carboxylic acids is 1. The Hall–Kier alpha value is -2.56. The lowest BCUT2D eigenvalue weighted by atomic mass is 10.1. The SMILES string of the molecule is CCCOc1cc(C)[n+]([O-])c(C)c1C(=O)Nc1c(C)cccc1C. The zero-order chi connectivity index (χ0) is 17.9. The summed E-state index contributed by atoms with van der Waals surface area (Å²) in [5.41, 5.74) is 3.83. The Morgan fingerprint density at radius 3 is 2.42 bits per heavy atom. The van der Waals surface area contributed by atoms with Crippen LogP contribution in [0.4, 0.5) is 5.69 Å². The van der Waals surface area contributed by atoms with E-state index in [-0.39, 0.29) is 11.5 Å². The van der Waals surface area contributed by atoms with Gasteiger partial charge in [0, 0.05) is 25.6 Å². The molecule has 0 saturated heterocycles. The number of aryl methyl sites for hydroxylation is 3. The van der Waals surface area contributed by atoms with E-state index in [1.54, 1.807) is 19.9 Å². The van der Waals surface area contributed by atoms with Crippen LogP contribution in [0.25, 0.3) is 0 Å². The number of nitrogens with zero attached hydrogens (tertiary/aromatic N) is 1. The molecule has 24 heavy (non-hydrogen) atoms. The Morgan fingerprint density at radius 1 is 1.21 bits per heavy atom. The van der Waals surface area contributed by atoms with E-state index in [4.69, 9.17) is 4.74 Å². The van der Waals surface area contributed by atoms with Crippen LogP contribution in [0, 0.1) is 32.9 Å². The minimum absolute atomic E-state index is 0.284. The monoisotopic (exact) mass is 328 g/mol. The second-order valence-corrected chi connectivity index (χ2v) is 5.97. The Kier molecular flexibility index (Phi) is 5.44. The molecule has 1 amide bonds. The average Bonchev–Trinajstić information content (AvgIpc) is 2.54. The molecule has 0 unspecified atom stereocenters. The summed E-state index contributed by atoms with van der Waals surface area (Å²) in [5.74, 6) is 0.114.